The van der Waals surface area contributed by atoms with Crippen LogP contribution in [-0.2, 0) is 11.3 Å². The molecule has 1 amide bonds. The molecular weight excluding hydrogens is 402 g/mol. The molecule has 4 aromatic rings. The van der Waals surface area contributed by atoms with Crippen LogP contribution >= 0.6 is 11.8 Å². The Hall–Kier alpha value is -3.57. The molecule has 152 valence electrons. The van der Waals surface area contributed by atoms with Crippen molar-refractivity contribution in [3.63, 3.8) is 0 Å². The summed E-state index contributed by atoms with van der Waals surface area (Å²) >= 11 is 1.37. The summed E-state index contributed by atoms with van der Waals surface area (Å²) in [6, 6.07) is 26.5. The van der Waals surface area contributed by atoms with Gasteiger partial charge in [-0.2, -0.15) is 0 Å². The number of fused-ring (bicyclic) bond motifs is 1. The lowest BCUT2D eigenvalue weighted by Gasteiger charge is -2.06. The van der Waals surface area contributed by atoms with E-state index in [4.69, 9.17) is 0 Å². The number of benzene rings is 3. The fraction of sp³-hybridized carbons (Fsp3) is 0.0769. The number of para-hydroxylation sites is 2. The van der Waals surface area contributed by atoms with Gasteiger partial charge < -0.3 is 9.88 Å². The van der Waals surface area contributed by atoms with Crippen LogP contribution in [0.25, 0.3) is 17.0 Å². The smallest absolute Gasteiger partial charge is 0.264 e. The first kappa shape index (κ1) is 19.4. The van der Waals surface area contributed by atoms with Crippen LogP contribution in [-0.4, -0.2) is 15.6 Å². The minimum absolute atomic E-state index is 0.116. The van der Waals surface area contributed by atoms with Gasteiger partial charge in [0.1, 0.15) is 0 Å². The lowest BCUT2D eigenvalue weighted by molar-refractivity contribution is -0.115. The first-order valence-electron chi connectivity index (χ1n) is 10.1. The molecule has 1 aliphatic rings. The van der Waals surface area contributed by atoms with Crippen LogP contribution in [0.5, 0.6) is 0 Å². The summed E-state index contributed by atoms with van der Waals surface area (Å²) in [7, 11) is 0. The number of carbonyl (C=O) groups excluding carboxylic acids is 1. The maximum Gasteiger partial charge on any atom is 0.264 e. The predicted molar refractivity (Wildman–Crippen MR) is 129 cm³/mol. The SMILES string of the molecule is Cc1cccc(Cn2cc(/C=C3\SC(=Nc4ccccc4)NC3=O)c3ccccc32)c1. The average molecular weight is 424 g/mol. The zero-order valence-corrected chi connectivity index (χ0v) is 17.9. The summed E-state index contributed by atoms with van der Waals surface area (Å²) in [4.78, 5) is 17.7. The largest absolute Gasteiger partial charge is 0.342 e. The van der Waals surface area contributed by atoms with Crippen molar-refractivity contribution in [2.24, 2.45) is 4.99 Å². The first-order valence-corrected chi connectivity index (χ1v) is 11.0. The Kier molecular flexibility index (Phi) is 5.18. The second-order valence-corrected chi connectivity index (χ2v) is 8.57. The minimum Gasteiger partial charge on any atom is -0.342 e. The standard InChI is InChI=1S/C26H21N3OS/c1-18-8-7-9-19(14-18)16-29-17-20(22-12-5-6-13-23(22)29)15-24-25(30)28-26(31-24)27-21-10-3-2-4-11-21/h2-15,17H,16H2,1H3,(H,27,28,30)/b24-15-. The molecule has 1 aliphatic heterocycles. The van der Waals surface area contributed by atoms with E-state index in [9.17, 15) is 4.79 Å². The van der Waals surface area contributed by atoms with Crippen LogP contribution in [0.15, 0.2) is 95.0 Å². The molecule has 0 atom stereocenters. The number of thioether (sulfide) groups is 1. The fourth-order valence-electron chi connectivity index (χ4n) is 3.77. The van der Waals surface area contributed by atoms with E-state index in [0.29, 0.717) is 10.1 Å². The van der Waals surface area contributed by atoms with Gasteiger partial charge in [0.15, 0.2) is 5.17 Å². The molecule has 5 heteroatoms. The van der Waals surface area contributed by atoms with Gasteiger partial charge in [0.25, 0.3) is 5.91 Å². The van der Waals surface area contributed by atoms with Gasteiger partial charge in [-0.15, -0.1) is 0 Å². The molecule has 1 fully saturated rings. The molecule has 0 aliphatic carbocycles. The molecule has 4 nitrogen and oxygen atoms in total. The molecule has 2 heterocycles. The second kappa shape index (κ2) is 8.28. The third-order valence-electron chi connectivity index (χ3n) is 5.18. The van der Waals surface area contributed by atoms with Crippen molar-refractivity contribution in [3.8, 4) is 0 Å². The average Bonchev–Trinajstić information content (AvgIpc) is 3.29. The van der Waals surface area contributed by atoms with Crippen LogP contribution in [0.2, 0.25) is 0 Å². The highest BCUT2D eigenvalue weighted by Gasteiger charge is 2.24. The topological polar surface area (TPSA) is 46.4 Å². The number of hydrogen-bond acceptors (Lipinski definition) is 3. The number of aliphatic imine (C=N–C) groups is 1. The normalized spacial score (nSPS) is 16.4. The van der Waals surface area contributed by atoms with Crippen LogP contribution < -0.4 is 5.32 Å². The van der Waals surface area contributed by atoms with E-state index in [1.807, 2.05) is 48.5 Å². The van der Waals surface area contributed by atoms with Crippen molar-refractivity contribution in [1.82, 2.24) is 9.88 Å². The minimum atomic E-state index is -0.116. The molecule has 5 rings (SSSR count). The number of amides is 1. The van der Waals surface area contributed by atoms with Crippen LogP contribution in [0.1, 0.15) is 16.7 Å². The van der Waals surface area contributed by atoms with Gasteiger partial charge in [0.05, 0.1) is 10.6 Å². The number of aryl methyl sites for hydroxylation is 1. The van der Waals surface area contributed by atoms with Crippen LogP contribution in [0.4, 0.5) is 5.69 Å². The van der Waals surface area contributed by atoms with Gasteiger partial charge >= 0.3 is 0 Å². The lowest BCUT2D eigenvalue weighted by atomic mass is 10.1. The molecular formula is C26H21N3OS. The van der Waals surface area contributed by atoms with E-state index in [0.717, 1.165) is 28.7 Å². The Labute approximate surface area is 185 Å². The Morgan fingerprint density at radius 1 is 1.00 bits per heavy atom. The Bertz CT molecular complexity index is 1340. The number of nitrogens with one attached hydrogen (secondary N) is 1. The van der Waals surface area contributed by atoms with Crippen molar-refractivity contribution in [3.05, 3.63) is 107 Å². The van der Waals surface area contributed by atoms with Crippen molar-refractivity contribution < 1.29 is 4.79 Å². The summed E-state index contributed by atoms with van der Waals surface area (Å²) in [6.45, 7) is 2.89. The summed E-state index contributed by atoms with van der Waals surface area (Å²) in [5, 5.41) is 4.60. The van der Waals surface area contributed by atoms with E-state index in [-0.39, 0.29) is 5.91 Å². The van der Waals surface area contributed by atoms with Gasteiger partial charge in [-0.25, -0.2) is 4.99 Å². The maximum absolute atomic E-state index is 12.6. The fourth-order valence-corrected chi connectivity index (χ4v) is 4.60. The van der Waals surface area contributed by atoms with Crippen molar-refractivity contribution in [2.45, 2.75) is 13.5 Å². The van der Waals surface area contributed by atoms with E-state index in [1.54, 1.807) is 0 Å². The molecule has 31 heavy (non-hydrogen) atoms. The Morgan fingerprint density at radius 2 is 1.81 bits per heavy atom. The van der Waals surface area contributed by atoms with Crippen molar-refractivity contribution in [1.29, 1.82) is 0 Å². The Morgan fingerprint density at radius 3 is 2.65 bits per heavy atom. The second-order valence-electron chi connectivity index (χ2n) is 7.54. The van der Waals surface area contributed by atoms with Gasteiger partial charge in [0.2, 0.25) is 0 Å². The summed E-state index contributed by atoms with van der Waals surface area (Å²) in [6.07, 6.45) is 4.09. The van der Waals surface area contributed by atoms with Gasteiger partial charge in [-0.1, -0.05) is 66.2 Å². The van der Waals surface area contributed by atoms with Crippen LogP contribution in [0.3, 0.4) is 0 Å². The highest BCUT2D eigenvalue weighted by Crippen LogP contribution is 2.31. The number of rotatable bonds is 4. The predicted octanol–water partition coefficient (Wildman–Crippen LogP) is 5.89. The van der Waals surface area contributed by atoms with E-state index < -0.39 is 0 Å². The lowest BCUT2D eigenvalue weighted by Crippen LogP contribution is -2.19. The zero-order chi connectivity index (χ0) is 21.2. The number of carbonyl (C=O) groups is 1. The summed E-state index contributed by atoms with van der Waals surface area (Å²) in [5.74, 6) is -0.116. The zero-order valence-electron chi connectivity index (χ0n) is 17.1. The highest BCUT2D eigenvalue weighted by atomic mass is 32.2. The molecule has 0 saturated carbocycles. The first-order chi connectivity index (χ1) is 15.2. The molecule has 1 saturated heterocycles. The summed E-state index contributed by atoms with van der Waals surface area (Å²) < 4.78 is 2.24. The molecule has 1 aromatic heterocycles. The number of amidine groups is 1. The van der Waals surface area contributed by atoms with E-state index >= 15 is 0 Å². The summed E-state index contributed by atoms with van der Waals surface area (Å²) in [5.41, 5.74) is 5.51. The number of nitrogens with zero attached hydrogens (tertiary/aromatic N) is 2. The van der Waals surface area contributed by atoms with Crippen molar-refractivity contribution >= 4 is 45.5 Å². The Balaban J connectivity index is 1.48. The van der Waals surface area contributed by atoms with E-state index in [2.05, 4.69) is 64.4 Å². The quantitative estimate of drug-likeness (QED) is 0.416. The molecule has 0 bridgehead atoms. The highest BCUT2D eigenvalue weighted by molar-refractivity contribution is 8.18. The van der Waals surface area contributed by atoms with Crippen molar-refractivity contribution in [2.75, 3.05) is 0 Å². The van der Waals surface area contributed by atoms with Gasteiger partial charge in [-0.3, -0.25) is 4.79 Å². The molecule has 3 aromatic carbocycles. The monoisotopic (exact) mass is 423 g/mol. The van der Waals surface area contributed by atoms with Crippen LogP contribution in [0, 0.1) is 6.92 Å². The van der Waals surface area contributed by atoms with E-state index in [1.165, 1.54) is 22.9 Å². The maximum atomic E-state index is 12.6. The number of aromatic nitrogens is 1. The third kappa shape index (κ3) is 4.18. The molecule has 1 N–H and O–H groups in total. The van der Waals surface area contributed by atoms with Gasteiger partial charge in [-0.05, 0) is 48.5 Å². The third-order valence-corrected chi connectivity index (χ3v) is 6.09. The molecule has 0 unspecified atom stereocenters. The van der Waals surface area contributed by atoms with Gasteiger partial charge in [0, 0.05) is 29.2 Å². The molecule has 0 spiro atoms. The molecule has 0 radical (unpaired) electrons. The number of hydrogen-bond donors (Lipinski definition) is 1.